The molecule has 1 heterocycles. The summed E-state index contributed by atoms with van der Waals surface area (Å²) in [5, 5.41) is 0. The maximum atomic E-state index is 2.42. The summed E-state index contributed by atoms with van der Waals surface area (Å²) in [5.41, 5.74) is 6.47. The zero-order valence-electron chi connectivity index (χ0n) is 13.5. The molecule has 0 amide bonds. The molecule has 0 fully saturated rings. The molecule has 0 aliphatic carbocycles. The van der Waals surface area contributed by atoms with Crippen LogP contribution in [-0.4, -0.2) is 0 Å². The molecular weight excluding hydrogens is 266 g/mol. The van der Waals surface area contributed by atoms with Gasteiger partial charge in [0.2, 0.25) is 6.04 Å². The topological polar surface area (TPSA) is 3.88 Å². The van der Waals surface area contributed by atoms with E-state index < -0.39 is 0 Å². The third-order valence-corrected chi connectivity index (χ3v) is 4.20. The molecule has 0 aliphatic rings. The SMILES string of the molecule is Cc1ccc(C(c2ccccc2)[n+]2c(C)cccc2C)cc1. The van der Waals surface area contributed by atoms with Crippen molar-refractivity contribution in [3.8, 4) is 0 Å². The number of rotatable bonds is 3. The predicted octanol–water partition coefficient (Wildman–Crippen LogP) is 4.54. The summed E-state index contributed by atoms with van der Waals surface area (Å²) in [4.78, 5) is 0. The maximum Gasteiger partial charge on any atom is 0.209 e. The molecule has 0 radical (unpaired) electrons. The molecule has 1 aromatic heterocycles. The fourth-order valence-electron chi connectivity index (χ4n) is 3.05. The Morgan fingerprint density at radius 1 is 0.591 bits per heavy atom. The van der Waals surface area contributed by atoms with Gasteiger partial charge in [-0.05, 0) is 13.0 Å². The summed E-state index contributed by atoms with van der Waals surface area (Å²) in [5.74, 6) is 0. The molecule has 2 aromatic carbocycles. The highest BCUT2D eigenvalue weighted by molar-refractivity contribution is 5.31. The smallest absolute Gasteiger partial charge is 0.189 e. The van der Waals surface area contributed by atoms with Crippen LogP contribution >= 0.6 is 0 Å². The van der Waals surface area contributed by atoms with Gasteiger partial charge in [0, 0.05) is 37.1 Å². The molecule has 1 atom stereocenters. The normalized spacial score (nSPS) is 12.1. The molecule has 0 spiro atoms. The largest absolute Gasteiger partial charge is 0.209 e. The van der Waals surface area contributed by atoms with E-state index in [1.165, 1.54) is 28.1 Å². The zero-order valence-corrected chi connectivity index (χ0v) is 13.5. The fourth-order valence-corrected chi connectivity index (χ4v) is 3.05. The molecule has 3 aromatic rings. The number of aryl methyl sites for hydroxylation is 3. The minimum absolute atomic E-state index is 0.211. The number of aromatic nitrogens is 1. The van der Waals surface area contributed by atoms with Crippen molar-refractivity contribution in [1.82, 2.24) is 0 Å². The average molecular weight is 288 g/mol. The fraction of sp³-hybridized carbons (Fsp3) is 0.190. The lowest BCUT2D eigenvalue weighted by Gasteiger charge is -2.17. The van der Waals surface area contributed by atoms with Gasteiger partial charge < -0.3 is 0 Å². The minimum atomic E-state index is 0.211. The Labute approximate surface area is 132 Å². The van der Waals surface area contributed by atoms with E-state index in [4.69, 9.17) is 0 Å². The first kappa shape index (κ1) is 14.5. The molecule has 22 heavy (non-hydrogen) atoms. The summed E-state index contributed by atoms with van der Waals surface area (Å²) in [6.07, 6.45) is 0. The second-order valence-electron chi connectivity index (χ2n) is 5.90. The number of hydrogen-bond acceptors (Lipinski definition) is 0. The van der Waals surface area contributed by atoms with Crippen LogP contribution in [-0.2, 0) is 0 Å². The number of hydrogen-bond donors (Lipinski definition) is 0. The molecule has 3 rings (SSSR count). The van der Waals surface area contributed by atoms with Crippen LogP contribution in [0.15, 0.2) is 72.8 Å². The molecule has 0 bridgehead atoms. The van der Waals surface area contributed by atoms with Gasteiger partial charge in [0.05, 0.1) is 0 Å². The van der Waals surface area contributed by atoms with Gasteiger partial charge in [0.1, 0.15) is 0 Å². The van der Waals surface area contributed by atoms with Crippen LogP contribution in [0.25, 0.3) is 0 Å². The maximum absolute atomic E-state index is 2.42. The first-order chi connectivity index (χ1) is 10.7. The van der Waals surface area contributed by atoms with Gasteiger partial charge >= 0.3 is 0 Å². The van der Waals surface area contributed by atoms with Gasteiger partial charge in [-0.15, -0.1) is 0 Å². The lowest BCUT2D eigenvalue weighted by atomic mass is 9.96. The third-order valence-electron chi connectivity index (χ3n) is 4.20. The Balaban J connectivity index is 2.22. The minimum Gasteiger partial charge on any atom is -0.189 e. The van der Waals surface area contributed by atoms with E-state index in [2.05, 4.69) is 98.1 Å². The van der Waals surface area contributed by atoms with Crippen LogP contribution < -0.4 is 4.57 Å². The van der Waals surface area contributed by atoms with E-state index in [1.54, 1.807) is 0 Å². The van der Waals surface area contributed by atoms with Gasteiger partial charge in [-0.2, -0.15) is 4.57 Å². The average Bonchev–Trinajstić information content (AvgIpc) is 2.53. The summed E-state index contributed by atoms with van der Waals surface area (Å²) in [7, 11) is 0. The van der Waals surface area contributed by atoms with Crippen LogP contribution in [0.3, 0.4) is 0 Å². The van der Waals surface area contributed by atoms with Gasteiger partial charge in [-0.1, -0.05) is 60.2 Å². The molecule has 1 heteroatoms. The first-order valence-corrected chi connectivity index (χ1v) is 7.76. The molecule has 110 valence electrons. The molecule has 1 unspecified atom stereocenters. The van der Waals surface area contributed by atoms with E-state index in [9.17, 15) is 0 Å². The lowest BCUT2D eigenvalue weighted by Crippen LogP contribution is -2.46. The number of pyridine rings is 1. The highest BCUT2D eigenvalue weighted by atomic mass is 15.0. The number of nitrogens with zero attached hydrogens (tertiary/aromatic N) is 1. The van der Waals surface area contributed by atoms with Crippen molar-refractivity contribution < 1.29 is 4.57 Å². The van der Waals surface area contributed by atoms with E-state index in [0.29, 0.717) is 0 Å². The predicted molar refractivity (Wildman–Crippen MR) is 91.0 cm³/mol. The Kier molecular flexibility index (Phi) is 4.06. The zero-order chi connectivity index (χ0) is 15.5. The lowest BCUT2D eigenvalue weighted by molar-refractivity contribution is -0.716. The number of benzene rings is 2. The molecule has 0 N–H and O–H groups in total. The third kappa shape index (κ3) is 2.80. The van der Waals surface area contributed by atoms with Crippen LogP contribution in [0.1, 0.15) is 34.1 Å². The standard InChI is InChI=1S/C21H22N/c1-16-12-14-20(15-13-16)21(19-10-5-4-6-11-19)22-17(2)8-7-9-18(22)3/h4-15,21H,1-3H3/q+1. The van der Waals surface area contributed by atoms with E-state index in [1.807, 2.05) is 0 Å². The summed E-state index contributed by atoms with van der Waals surface area (Å²) in [6, 6.07) is 26.3. The van der Waals surface area contributed by atoms with Gasteiger partial charge in [0.25, 0.3) is 0 Å². The van der Waals surface area contributed by atoms with Crippen molar-refractivity contribution in [2.24, 2.45) is 0 Å². The highest BCUT2D eigenvalue weighted by Gasteiger charge is 2.26. The first-order valence-electron chi connectivity index (χ1n) is 7.76. The van der Waals surface area contributed by atoms with E-state index >= 15 is 0 Å². The van der Waals surface area contributed by atoms with Gasteiger partial charge in [0.15, 0.2) is 11.4 Å². The Bertz CT molecular complexity index is 737. The van der Waals surface area contributed by atoms with Crippen LogP contribution in [0.2, 0.25) is 0 Å². The Morgan fingerprint density at radius 2 is 1.14 bits per heavy atom. The van der Waals surface area contributed by atoms with E-state index in [0.717, 1.165) is 0 Å². The van der Waals surface area contributed by atoms with Gasteiger partial charge in [-0.3, -0.25) is 0 Å². The van der Waals surface area contributed by atoms with E-state index in [-0.39, 0.29) is 6.04 Å². The summed E-state index contributed by atoms with van der Waals surface area (Å²) < 4.78 is 2.42. The van der Waals surface area contributed by atoms with Crippen molar-refractivity contribution in [1.29, 1.82) is 0 Å². The summed E-state index contributed by atoms with van der Waals surface area (Å²) in [6.45, 7) is 6.49. The summed E-state index contributed by atoms with van der Waals surface area (Å²) >= 11 is 0. The Hall–Kier alpha value is -2.41. The molecular formula is C21H22N+. The second-order valence-corrected chi connectivity index (χ2v) is 5.90. The molecule has 0 saturated heterocycles. The van der Waals surface area contributed by atoms with Crippen molar-refractivity contribution in [3.05, 3.63) is 101 Å². The molecule has 0 aliphatic heterocycles. The van der Waals surface area contributed by atoms with Gasteiger partial charge in [-0.25, -0.2) is 0 Å². The Morgan fingerprint density at radius 3 is 1.73 bits per heavy atom. The molecule has 1 nitrogen and oxygen atoms in total. The van der Waals surface area contributed by atoms with Crippen molar-refractivity contribution in [2.45, 2.75) is 26.8 Å². The van der Waals surface area contributed by atoms with Crippen LogP contribution in [0, 0.1) is 20.8 Å². The molecule has 0 saturated carbocycles. The second kappa shape index (κ2) is 6.15. The van der Waals surface area contributed by atoms with Crippen LogP contribution in [0.5, 0.6) is 0 Å². The quantitative estimate of drug-likeness (QED) is 0.623. The van der Waals surface area contributed by atoms with Crippen molar-refractivity contribution >= 4 is 0 Å². The monoisotopic (exact) mass is 288 g/mol. The highest BCUT2D eigenvalue weighted by Crippen LogP contribution is 2.23. The van der Waals surface area contributed by atoms with Crippen molar-refractivity contribution in [3.63, 3.8) is 0 Å². The van der Waals surface area contributed by atoms with Crippen LogP contribution in [0.4, 0.5) is 0 Å². The van der Waals surface area contributed by atoms with Crippen molar-refractivity contribution in [2.75, 3.05) is 0 Å².